The minimum atomic E-state index is -4.40. The molecule has 0 aromatic heterocycles. The van der Waals surface area contributed by atoms with Crippen LogP contribution in [0.25, 0.3) is 0 Å². The molecule has 14 heavy (non-hydrogen) atoms. The maximum absolute atomic E-state index is 11.8. The van der Waals surface area contributed by atoms with Crippen LogP contribution < -0.4 is 0 Å². The van der Waals surface area contributed by atoms with Gasteiger partial charge in [-0.25, -0.2) is 0 Å². The highest BCUT2D eigenvalue weighted by Crippen LogP contribution is 2.12. The molecule has 0 aliphatic carbocycles. The Hall–Kier alpha value is -1.13. The minimum Gasteiger partial charge on any atom is -0.262 e. The van der Waals surface area contributed by atoms with Gasteiger partial charge in [-0.15, -0.1) is 6.58 Å². The molecule has 1 aromatic rings. The lowest BCUT2D eigenvalue weighted by Crippen LogP contribution is -2.06. The second-order valence-corrected chi connectivity index (χ2v) is 3.89. The highest BCUT2D eigenvalue weighted by atomic mass is 32.2. The molecule has 0 unspecified atom stereocenters. The topological polar surface area (TPSA) is 43.4 Å². The predicted molar refractivity (Wildman–Crippen MR) is 54.5 cm³/mol. The maximum atomic E-state index is 11.8. The summed E-state index contributed by atoms with van der Waals surface area (Å²) in [5.41, 5.74) is -0.155. The van der Waals surface area contributed by atoms with Crippen molar-refractivity contribution < 1.29 is 19.5 Å². The zero-order valence-corrected chi connectivity index (χ0v) is 8.15. The van der Waals surface area contributed by atoms with Gasteiger partial charge in [-0.1, -0.05) is 23.7 Å². The average molecular weight is 217 g/mol. The minimum absolute atomic E-state index is 0.155. The van der Waals surface area contributed by atoms with E-state index in [2.05, 4.69) is 10.8 Å². The van der Waals surface area contributed by atoms with Gasteiger partial charge >= 0.3 is 0 Å². The van der Waals surface area contributed by atoms with Crippen molar-refractivity contribution >= 4 is 10.1 Å². The molecule has 0 N–H and O–H groups in total. The molecule has 4 heteroatoms. The first-order valence-corrected chi connectivity index (χ1v) is 5.07. The highest BCUT2D eigenvalue weighted by molar-refractivity contribution is 7.86. The van der Waals surface area contributed by atoms with Gasteiger partial charge in [0.05, 0.1) is 17.0 Å². The Labute approximate surface area is 91.2 Å². The molecule has 3 nitrogen and oxygen atoms in total. The molecule has 0 radical (unpaired) electrons. The molecular formula is C10H12O3S. The van der Waals surface area contributed by atoms with Crippen molar-refractivity contribution in [1.82, 2.24) is 0 Å². The van der Waals surface area contributed by atoms with Crippen LogP contribution in [0.1, 0.15) is 12.4 Å². The number of hydrogen-bond donors (Lipinski definition) is 0. The predicted octanol–water partition coefficient (Wildman–Crippen LogP) is 1.89. The summed E-state index contributed by atoms with van der Waals surface area (Å²) in [4.78, 5) is -0.818. The fraction of sp³-hybridized carbons (Fsp3) is 0.200. The molecule has 0 bridgehead atoms. The molecule has 0 aliphatic heterocycles. The average Bonchev–Trinajstić information content (AvgIpc) is 2.35. The fourth-order valence-electron chi connectivity index (χ4n) is 0.649. The molecule has 0 amide bonds. The highest BCUT2D eigenvalue weighted by Gasteiger charge is 2.13. The van der Waals surface area contributed by atoms with Crippen LogP contribution in [0.4, 0.5) is 0 Å². The molecule has 0 fully saturated rings. The van der Waals surface area contributed by atoms with Gasteiger partial charge in [0.2, 0.25) is 0 Å². The molecule has 0 heterocycles. The summed E-state index contributed by atoms with van der Waals surface area (Å²) in [6.07, 6.45) is 1.19. The molecule has 1 aromatic carbocycles. The Morgan fingerprint density at radius 2 is 2.21 bits per heavy atom. The normalized spacial score (nSPS) is 16.1. The zero-order valence-electron chi connectivity index (χ0n) is 12.3. The van der Waals surface area contributed by atoms with Crippen LogP contribution >= 0.6 is 0 Å². The van der Waals surface area contributed by atoms with Gasteiger partial charge in [0.25, 0.3) is 10.1 Å². The van der Waals surface area contributed by atoms with E-state index in [-0.39, 0.29) is 12.2 Å². The van der Waals surface area contributed by atoms with E-state index in [1.165, 1.54) is 6.08 Å². The largest absolute Gasteiger partial charge is 0.297 e. The van der Waals surface area contributed by atoms with E-state index in [4.69, 9.17) is 6.85 Å². The molecule has 0 saturated heterocycles. The van der Waals surface area contributed by atoms with Gasteiger partial charge in [-0.3, -0.25) is 4.18 Å². The van der Waals surface area contributed by atoms with Crippen molar-refractivity contribution in [1.29, 1.82) is 0 Å². The summed E-state index contributed by atoms with van der Waals surface area (Å²) in [5, 5.41) is 0. The van der Waals surface area contributed by atoms with Gasteiger partial charge in [0, 0.05) is 1.37 Å². The van der Waals surface area contributed by atoms with Gasteiger partial charge in [-0.2, -0.15) is 8.42 Å². The Morgan fingerprint density at radius 1 is 1.57 bits per heavy atom. The lowest BCUT2D eigenvalue weighted by atomic mass is 10.2. The number of rotatable bonds is 4. The van der Waals surface area contributed by atoms with Gasteiger partial charge in [0.1, 0.15) is 0 Å². The van der Waals surface area contributed by atoms with Crippen molar-refractivity contribution in [2.45, 2.75) is 11.8 Å². The summed E-state index contributed by atoms with van der Waals surface area (Å²) in [6.45, 7) is 2.48. The van der Waals surface area contributed by atoms with Crippen molar-refractivity contribution in [3.8, 4) is 0 Å². The van der Waals surface area contributed by atoms with E-state index >= 15 is 0 Å². The van der Waals surface area contributed by atoms with Crippen molar-refractivity contribution in [2.24, 2.45) is 0 Å². The van der Waals surface area contributed by atoms with Crippen LogP contribution in [0.5, 0.6) is 0 Å². The summed E-state index contributed by atoms with van der Waals surface area (Å²) >= 11 is 0. The molecule has 76 valence electrons. The number of hydrogen-bond acceptors (Lipinski definition) is 3. The second kappa shape index (κ2) is 4.39. The SMILES string of the molecule is [2H]Cc1c([2H])c([2H])c(S(=O)(=O)OCC=C)c([2H])c1[2H]. The van der Waals surface area contributed by atoms with E-state index in [0.717, 1.165) is 0 Å². The van der Waals surface area contributed by atoms with Crippen LogP contribution in [0.15, 0.2) is 41.7 Å². The Kier molecular flexibility index (Phi) is 1.78. The first-order valence-electron chi connectivity index (χ1n) is 6.37. The zero-order chi connectivity index (χ0) is 14.8. The van der Waals surface area contributed by atoms with E-state index in [1.54, 1.807) is 0 Å². The van der Waals surface area contributed by atoms with E-state index in [0.29, 0.717) is 0 Å². The number of benzene rings is 1. The third kappa shape index (κ3) is 2.68. The molecule has 1 rings (SSSR count). The van der Waals surface area contributed by atoms with Gasteiger partial charge < -0.3 is 0 Å². The third-order valence-electron chi connectivity index (χ3n) is 1.24. The lowest BCUT2D eigenvalue weighted by Gasteiger charge is -2.03. The van der Waals surface area contributed by atoms with Crippen molar-refractivity contribution in [2.75, 3.05) is 6.61 Å². The monoisotopic (exact) mass is 217 g/mol. The summed E-state index contributed by atoms with van der Waals surface area (Å²) in [7, 11) is -4.40. The summed E-state index contributed by atoms with van der Waals surface area (Å²) in [6, 6.07) is -2.55. The molecule has 0 aliphatic rings. The van der Waals surface area contributed by atoms with Crippen LogP contribution in [-0.2, 0) is 14.3 Å². The van der Waals surface area contributed by atoms with E-state index in [9.17, 15) is 8.42 Å². The van der Waals surface area contributed by atoms with E-state index < -0.39 is 46.1 Å². The second-order valence-electron chi connectivity index (χ2n) is 2.33. The Bertz CT molecular complexity index is 583. The van der Waals surface area contributed by atoms with Gasteiger partial charge in [0.15, 0.2) is 0 Å². The standard InChI is InChI=1S/C10H12O3S/c1-3-8-13-14(11,12)10-6-4-9(2)5-7-10/h3-7H,1,8H2,2H3/i2D,4D,5D,6D,7D. The fourth-order valence-corrected chi connectivity index (χ4v) is 1.39. The molecule has 0 atom stereocenters. The first-order chi connectivity index (χ1) is 8.77. The molecule has 0 spiro atoms. The molecule has 0 saturated carbocycles. The van der Waals surface area contributed by atoms with E-state index in [1.807, 2.05) is 0 Å². The van der Waals surface area contributed by atoms with Crippen molar-refractivity contribution in [3.63, 3.8) is 0 Å². The quantitative estimate of drug-likeness (QED) is 0.571. The van der Waals surface area contributed by atoms with Gasteiger partial charge in [-0.05, 0) is 19.0 Å². The summed E-state index contributed by atoms with van der Waals surface area (Å²) < 4.78 is 65.7. The van der Waals surface area contributed by atoms with Crippen LogP contribution in [0.2, 0.25) is 0 Å². The Morgan fingerprint density at radius 3 is 2.71 bits per heavy atom. The molecular weight excluding hydrogens is 200 g/mol. The maximum Gasteiger partial charge on any atom is 0.297 e. The van der Waals surface area contributed by atoms with Crippen molar-refractivity contribution in [3.05, 3.63) is 42.4 Å². The van der Waals surface area contributed by atoms with Crippen LogP contribution in [0, 0.1) is 6.90 Å². The summed E-state index contributed by atoms with van der Waals surface area (Å²) in [5.74, 6) is 0. The van der Waals surface area contributed by atoms with Crippen LogP contribution in [0.3, 0.4) is 0 Å². The third-order valence-corrected chi connectivity index (χ3v) is 2.40. The lowest BCUT2D eigenvalue weighted by molar-refractivity contribution is 0.357. The Balaban J connectivity index is 3.58. The van der Waals surface area contributed by atoms with Crippen LogP contribution in [-0.4, -0.2) is 15.0 Å². The smallest absolute Gasteiger partial charge is 0.262 e. The first kappa shape index (κ1) is 5.68.